The third-order valence-corrected chi connectivity index (χ3v) is 6.37. The van der Waals surface area contributed by atoms with Crippen LogP contribution in [0.4, 0.5) is 0 Å². The monoisotopic (exact) mass is 416 g/mol. The lowest BCUT2D eigenvalue weighted by Gasteiger charge is -2.11. The molecule has 0 fully saturated rings. The molecule has 25 heavy (non-hydrogen) atoms. The standard InChI is InChI=1S/C17H13BrN4O2S/c1-11-2-4-13(5-3-11)25(23,24)22-16(12-9-20-21-10-12)8-14-15(18)6-7-19-17(14)22/h2-10H,1H3,(H,20,21). The molecule has 1 N–H and O–H groups in total. The Balaban J connectivity index is 2.08. The summed E-state index contributed by atoms with van der Waals surface area (Å²) in [6.45, 7) is 1.91. The average molecular weight is 417 g/mol. The second-order valence-electron chi connectivity index (χ2n) is 5.63. The molecule has 0 saturated heterocycles. The van der Waals surface area contributed by atoms with Gasteiger partial charge in [0.25, 0.3) is 10.0 Å². The fourth-order valence-corrected chi connectivity index (χ4v) is 4.59. The van der Waals surface area contributed by atoms with Crippen molar-refractivity contribution in [2.24, 2.45) is 0 Å². The van der Waals surface area contributed by atoms with Crippen LogP contribution in [0.1, 0.15) is 5.56 Å². The van der Waals surface area contributed by atoms with Gasteiger partial charge in [-0.25, -0.2) is 17.4 Å². The lowest BCUT2D eigenvalue weighted by Crippen LogP contribution is -2.14. The van der Waals surface area contributed by atoms with Gasteiger partial charge in [0.2, 0.25) is 0 Å². The zero-order valence-electron chi connectivity index (χ0n) is 13.1. The molecular formula is C17H13BrN4O2S. The van der Waals surface area contributed by atoms with Crippen molar-refractivity contribution in [3.8, 4) is 11.3 Å². The number of rotatable bonds is 3. The number of nitrogens with one attached hydrogen (secondary N) is 1. The smallest absolute Gasteiger partial charge is 0.269 e. The molecule has 0 saturated carbocycles. The van der Waals surface area contributed by atoms with E-state index in [1.165, 1.54) is 3.97 Å². The van der Waals surface area contributed by atoms with E-state index in [-0.39, 0.29) is 4.90 Å². The second-order valence-corrected chi connectivity index (χ2v) is 8.27. The Hall–Kier alpha value is -2.45. The minimum Gasteiger partial charge on any atom is -0.285 e. The molecule has 126 valence electrons. The largest absolute Gasteiger partial charge is 0.285 e. The zero-order valence-corrected chi connectivity index (χ0v) is 15.5. The lowest BCUT2D eigenvalue weighted by atomic mass is 10.2. The summed E-state index contributed by atoms with van der Waals surface area (Å²) in [5.74, 6) is 0. The summed E-state index contributed by atoms with van der Waals surface area (Å²) in [5, 5.41) is 7.37. The van der Waals surface area contributed by atoms with E-state index in [0.717, 1.165) is 15.4 Å². The highest BCUT2D eigenvalue weighted by Crippen LogP contribution is 2.34. The van der Waals surface area contributed by atoms with Gasteiger partial charge in [-0.05, 0) is 47.1 Å². The predicted octanol–water partition coefficient (Wildman–Crippen LogP) is 3.73. The van der Waals surface area contributed by atoms with Crippen molar-refractivity contribution in [1.82, 2.24) is 19.2 Å². The molecule has 4 aromatic rings. The minimum absolute atomic E-state index is 0.210. The van der Waals surface area contributed by atoms with Crippen molar-refractivity contribution in [3.05, 3.63) is 65.0 Å². The van der Waals surface area contributed by atoms with Crippen molar-refractivity contribution in [1.29, 1.82) is 0 Å². The van der Waals surface area contributed by atoms with Crippen LogP contribution in [0.25, 0.3) is 22.3 Å². The van der Waals surface area contributed by atoms with Gasteiger partial charge in [0.1, 0.15) is 0 Å². The molecule has 3 aromatic heterocycles. The molecule has 4 rings (SSSR count). The number of aromatic amines is 1. The summed E-state index contributed by atoms with van der Waals surface area (Å²) < 4.78 is 28.7. The molecule has 0 amide bonds. The molecule has 6 nitrogen and oxygen atoms in total. The lowest BCUT2D eigenvalue weighted by molar-refractivity contribution is 0.589. The predicted molar refractivity (Wildman–Crippen MR) is 98.8 cm³/mol. The molecule has 3 heterocycles. The van der Waals surface area contributed by atoms with Crippen LogP contribution < -0.4 is 0 Å². The Bertz CT molecular complexity index is 1160. The third kappa shape index (κ3) is 2.58. The van der Waals surface area contributed by atoms with Gasteiger partial charge in [-0.2, -0.15) is 5.10 Å². The first-order valence-electron chi connectivity index (χ1n) is 7.46. The second kappa shape index (κ2) is 5.82. The van der Waals surface area contributed by atoms with E-state index in [2.05, 4.69) is 31.1 Å². The van der Waals surface area contributed by atoms with Gasteiger partial charge in [-0.1, -0.05) is 17.7 Å². The summed E-state index contributed by atoms with van der Waals surface area (Å²) in [7, 11) is -3.82. The summed E-state index contributed by atoms with van der Waals surface area (Å²) in [4.78, 5) is 4.52. The van der Waals surface area contributed by atoms with Crippen molar-refractivity contribution in [2.75, 3.05) is 0 Å². The quantitative estimate of drug-likeness (QED) is 0.551. The molecule has 0 bridgehead atoms. The molecule has 0 spiro atoms. The van der Waals surface area contributed by atoms with E-state index in [4.69, 9.17) is 0 Å². The number of benzene rings is 1. The SMILES string of the molecule is Cc1ccc(S(=O)(=O)n2c(-c3cn[nH]c3)cc3c(Br)ccnc32)cc1. The zero-order chi connectivity index (χ0) is 17.6. The Labute approximate surface area is 152 Å². The van der Waals surface area contributed by atoms with Crippen LogP contribution in [0, 0.1) is 6.92 Å². The highest BCUT2D eigenvalue weighted by atomic mass is 79.9. The van der Waals surface area contributed by atoms with E-state index < -0.39 is 10.0 Å². The van der Waals surface area contributed by atoms with Crippen LogP contribution in [0.3, 0.4) is 0 Å². The van der Waals surface area contributed by atoms with Gasteiger partial charge in [0.05, 0.1) is 16.8 Å². The molecule has 0 atom stereocenters. The number of H-pyrrole nitrogens is 1. The molecule has 0 aliphatic heterocycles. The van der Waals surface area contributed by atoms with Gasteiger partial charge < -0.3 is 0 Å². The summed E-state index contributed by atoms with van der Waals surface area (Å²) >= 11 is 3.47. The number of nitrogens with zero attached hydrogens (tertiary/aromatic N) is 3. The number of hydrogen-bond donors (Lipinski definition) is 1. The number of fused-ring (bicyclic) bond motifs is 1. The number of halogens is 1. The molecule has 8 heteroatoms. The molecule has 0 aliphatic rings. The maximum Gasteiger partial charge on any atom is 0.269 e. The Kier molecular flexibility index (Phi) is 3.73. The van der Waals surface area contributed by atoms with Crippen molar-refractivity contribution in [3.63, 3.8) is 0 Å². The van der Waals surface area contributed by atoms with Crippen LogP contribution >= 0.6 is 15.9 Å². The van der Waals surface area contributed by atoms with Crippen molar-refractivity contribution < 1.29 is 8.42 Å². The topological polar surface area (TPSA) is 80.6 Å². The fourth-order valence-electron chi connectivity index (χ4n) is 2.69. The fraction of sp³-hybridized carbons (Fsp3) is 0.0588. The first-order chi connectivity index (χ1) is 12.0. The van der Waals surface area contributed by atoms with Crippen LogP contribution in [-0.2, 0) is 10.0 Å². The van der Waals surface area contributed by atoms with Crippen molar-refractivity contribution in [2.45, 2.75) is 11.8 Å². The summed E-state index contributed by atoms with van der Waals surface area (Å²) in [6, 6.07) is 10.3. The molecule has 1 aromatic carbocycles. The first kappa shape index (κ1) is 16.0. The van der Waals surface area contributed by atoms with Gasteiger partial charge in [0.15, 0.2) is 5.65 Å². The highest BCUT2D eigenvalue weighted by molar-refractivity contribution is 9.10. The Morgan fingerprint density at radius 2 is 1.92 bits per heavy atom. The number of aryl methyl sites for hydroxylation is 1. The maximum absolute atomic E-state index is 13.3. The summed E-state index contributed by atoms with van der Waals surface area (Å²) in [6.07, 6.45) is 4.82. The molecule has 0 radical (unpaired) electrons. The normalized spacial score (nSPS) is 11.9. The van der Waals surface area contributed by atoms with Crippen molar-refractivity contribution >= 4 is 37.0 Å². The number of hydrogen-bond acceptors (Lipinski definition) is 4. The Morgan fingerprint density at radius 1 is 1.16 bits per heavy atom. The van der Waals surface area contributed by atoms with E-state index in [9.17, 15) is 8.42 Å². The van der Waals surface area contributed by atoms with Gasteiger partial charge in [0, 0.05) is 27.8 Å². The van der Waals surface area contributed by atoms with Gasteiger partial charge in [-0.15, -0.1) is 0 Å². The average Bonchev–Trinajstić information content (AvgIpc) is 3.23. The Morgan fingerprint density at radius 3 is 2.60 bits per heavy atom. The van der Waals surface area contributed by atoms with Crippen LogP contribution in [0.5, 0.6) is 0 Å². The third-order valence-electron chi connectivity index (χ3n) is 3.96. The van der Waals surface area contributed by atoms with Gasteiger partial charge in [-0.3, -0.25) is 5.10 Å². The van der Waals surface area contributed by atoms with E-state index in [0.29, 0.717) is 16.9 Å². The molecule has 0 unspecified atom stereocenters. The maximum atomic E-state index is 13.3. The van der Waals surface area contributed by atoms with E-state index in [1.54, 1.807) is 55.0 Å². The molecular weight excluding hydrogens is 404 g/mol. The van der Waals surface area contributed by atoms with E-state index in [1.807, 2.05) is 6.92 Å². The summed E-state index contributed by atoms with van der Waals surface area (Å²) in [5.41, 5.74) is 2.53. The van der Waals surface area contributed by atoms with E-state index >= 15 is 0 Å². The van der Waals surface area contributed by atoms with Crippen LogP contribution in [-0.4, -0.2) is 27.6 Å². The minimum atomic E-state index is -3.82. The first-order valence-corrected chi connectivity index (χ1v) is 9.69. The van der Waals surface area contributed by atoms with Crippen LogP contribution in [0.2, 0.25) is 0 Å². The number of pyridine rings is 1. The number of aromatic nitrogens is 4. The molecule has 0 aliphatic carbocycles. The van der Waals surface area contributed by atoms with Gasteiger partial charge >= 0.3 is 0 Å². The highest BCUT2D eigenvalue weighted by Gasteiger charge is 2.25. The van der Waals surface area contributed by atoms with Crippen LogP contribution in [0.15, 0.2) is 64.4 Å².